The van der Waals surface area contributed by atoms with Crippen LogP contribution in [0.2, 0.25) is 0 Å². The molecule has 2 aromatic carbocycles. The van der Waals surface area contributed by atoms with Crippen LogP contribution in [0.5, 0.6) is 5.75 Å². The highest BCUT2D eigenvalue weighted by Crippen LogP contribution is 2.37. The molecule has 24 heavy (non-hydrogen) atoms. The van der Waals surface area contributed by atoms with E-state index in [0.717, 1.165) is 15.4 Å². The molecule has 0 fully saturated rings. The summed E-state index contributed by atoms with van der Waals surface area (Å²) >= 11 is 0. The Hall–Kier alpha value is -2.54. The van der Waals surface area contributed by atoms with Crippen molar-refractivity contribution < 1.29 is 23.1 Å². The van der Waals surface area contributed by atoms with Crippen molar-refractivity contribution in [3.63, 3.8) is 0 Å². The quantitative estimate of drug-likeness (QED) is 0.921. The Kier molecular flexibility index (Phi) is 3.96. The van der Waals surface area contributed by atoms with Gasteiger partial charge in [0.1, 0.15) is 5.75 Å². The molecule has 1 aliphatic heterocycles. The van der Waals surface area contributed by atoms with Crippen LogP contribution in [0.15, 0.2) is 47.4 Å². The Labute approximate surface area is 140 Å². The van der Waals surface area contributed by atoms with Crippen LogP contribution < -0.4 is 9.04 Å². The molecule has 0 aliphatic carbocycles. The molecule has 0 saturated heterocycles. The summed E-state index contributed by atoms with van der Waals surface area (Å²) in [5, 5.41) is 9.28. The Balaban J connectivity index is 2.12. The fourth-order valence-electron chi connectivity index (χ4n) is 2.55. The topological polar surface area (TPSA) is 83.9 Å². The van der Waals surface area contributed by atoms with Crippen LogP contribution in [0.25, 0.3) is 0 Å². The van der Waals surface area contributed by atoms with Gasteiger partial charge in [0.15, 0.2) is 0 Å². The van der Waals surface area contributed by atoms with Crippen molar-refractivity contribution in [3.05, 3.63) is 53.6 Å². The predicted molar refractivity (Wildman–Crippen MR) is 88.9 cm³/mol. The molecule has 1 aliphatic rings. The highest BCUT2D eigenvalue weighted by molar-refractivity contribution is 7.92. The highest BCUT2D eigenvalue weighted by atomic mass is 32.2. The van der Waals surface area contributed by atoms with E-state index in [-0.39, 0.29) is 17.2 Å². The molecule has 1 heterocycles. The zero-order chi connectivity index (χ0) is 17.5. The Morgan fingerprint density at radius 2 is 1.75 bits per heavy atom. The van der Waals surface area contributed by atoms with Crippen molar-refractivity contribution in [1.82, 2.24) is 0 Å². The fourth-order valence-corrected chi connectivity index (χ4v) is 4.03. The molecule has 0 unspecified atom stereocenters. The number of ether oxygens (including phenoxy) is 1. The van der Waals surface area contributed by atoms with Gasteiger partial charge in [0.05, 0.1) is 17.1 Å². The molecule has 1 N–H and O–H groups in total. The summed E-state index contributed by atoms with van der Waals surface area (Å²) in [6, 6.07) is 11.5. The van der Waals surface area contributed by atoms with Gasteiger partial charge in [0, 0.05) is 0 Å². The molecule has 7 heteroatoms. The van der Waals surface area contributed by atoms with E-state index >= 15 is 0 Å². The molecule has 2 aromatic rings. The van der Waals surface area contributed by atoms with Crippen molar-refractivity contribution in [1.29, 1.82) is 0 Å². The van der Waals surface area contributed by atoms with E-state index < -0.39 is 22.1 Å². The van der Waals surface area contributed by atoms with Gasteiger partial charge in [-0.1, -0.05) is 23.8 Å². The molecule has 0 bridgehead atoms. The van der Waals surface area contributed by atoms with Crippen LogP contribution in [0.4, 0.5) is 5.69 Å². The second-order valence-corrected chi connectivity index (χ2v) is 7.63. The van der Waals surface area contributed by atoms with E-state index in [0.29, 0.717) is 5.69 Å². The molecule has 126 valence electrons. The van der Waals surface area contributed by atoms with Crippen LogP contribution in [-0.2, 0) is 14.8 Å². The zero-order valence-electron chi connectivity index (χ0n) is 13.3. The van der Waals surface area contributed by atoms with Gasteiger partial charge in [-0.25, -0.2) is 13.2 Å². The number of carbonyl (C=O) groups is 1. The second-order valence-electron chi connectivity index (χ2n) is 5.77. The number of nitrogens with zero attached hydrogens (tertiary/aromatic N) is 1. The predicted octanol–water partition coefficient (Wildman–Crippen LogP) is 2.34. The number of aryl methyl sites for hydroxylation is 2. The molecule has 1 atom stereocenters. The van der Waals surface area contributed by atoms with Gasteiger partial charge in [0.2, 0.25) is 6.10 Å². The van der Waals surface area contributed by atoms with Crippen molar-refractivity contribution in [2.75, 3.05) is 10.8 Å². The maximum Gasteiger partial charge on any atom is 0.346 e. The average molecular weight is 347 g/mol. The van der Waals surface area contributed by atoms with E-state index in [4.69, 9.17) is 4.74 Å². The van der Waals surface area contributed by atoms with E-state index in [2.05, 4.69) is 0 Å². The van der Waals surface area contributed by atoms with Crippen molar-refractivity contribution >= 4 is 21.7 Å². The van der Waals surface area contributed by atoms with Crippen molar-refractivity contribution in [2.45, 2.75) is 24.8 Å². The van der Waals surface area contributed by atoms with Gasteiger partial charge in [0.25, 0.3) is 10.0 Å². The summed E-state index contributed by atoms with van der Waals surface area (Å²) in [4.78, 5) is 11.5. The SMILES string of the molecule is Cc1ccc(S(=O)(=O)N2C[C@H](C(=O)O)Oc3cc(C)ccc32)cc1. The molecule has 0 spiro atoms. The van der Waals surface area contributed by atoms with E-state index in [1.54, 1.807) is 30.3 Å². The van der Waals surface area contributed by atoms with Crippen LogP contribution in [0.3, 0.4) is 0 Å². The first-order valence-electron chi connectivity index (χ1n) is 7.38. The molecule has 0 amide bonds. The second kappa shape index (κ2) is 5.83. The monoisotopic (exact) mass is 347 g/mol. The van der Waals surface area contributed by atoms with Crippen molar-refractivity contribution in [2.24, 2.45) is 0 Å². The third-order valence-corrected chi connectivity index (χ3v) is 5.66. The first-order chi connectivity index (χ1) is 11.3. The molecule has 0 aromatic heterocycles. The number of benzene rings is 2. The van der Waals surface area contributed by atoms with E-state index in [1.807, 2.05) is 13.8 Å². The minimum Gasteiger partial charge on any atom is -0.478 e. The lowest BCUT2D eigenvalue weighted by Crippen LogP contribution is -2.47. The minimum absolute atomic E-state index is 0.116. The standard InChI is InChI=1S/C17H17NO5S/c1-11-3-6-13(7-4-11)24(21,22)18-10-16(17(19)20)23-15-9-12(2)5-8-14(15)18/h3-9,16H,10H2,1-2H3,(H,19,20)/t16-/m1/s1. The van der Waals surface area contributed by atoms with Gasteiger partial charge >= 0.3 is 5.97 Å². The summed E-state index contributed by atoms with van der Waals surface area (Å²) in [6.07, 6.45) is -1.25. The van der Waals surface area contributed by atoms with Gasteiger partial charge in [-0.3, -0.25) is 4.31 Å². The summed E-state index contributed by atoms with van der Waals surface area (Å²) in [6.45, 7) is 3.41. The number of carboxylic acids is 1. The highest BCUT2D eigenvalue weighted by Gasteiger charge is 2.37. The lowest BCUT2D eigenvalue weighted by Gasteiger charge is -2.34. The summed E-state index contributed by atoms with van der Waals surface area (Å²) in [5.74, 6) is -0.949. The molecule has 0 radical (unpaired) electrons. The minimum atomic E-state index is -3.88. The number of hydrogen-bond acceptors (Lipinski definition) is 4. The largest absolute Gasteiger partial charge is 0.478 e. The molecular weight excluding hydrogens is 330 g/mol. The third kappa shape index (κ3) is 2.82. The van der Waals surface area contributed by atoms with Gasteiger partial charge in [-0.05, 0) is 43.7 Å². The number of anilines is 1. The van der Waals surface area contributed by atoms with Crippen LogP contribution in [-0.4, -0.2) is 32.1 Å². The van der Waals surface area contributed by atoms with Gasteiger partial charge in [-0.2, -0.15) is 0 Å². The number of rotatable bonds is 3. The first kappa shape index (κ1) is 16.3. The normalized spacial score (nSPS) is 17.1. The number of fused-ring (bicyclic) bond motifs is 1. The van der Waals surface area contributed by atoms with Crippen molar-refractivity contribution in [3.8, 4) is 5.75 Å². The Bertz CT molecular complexity index is 890. The maximum absolute atomic E-state index is 13.0. The number of hydrogen-bond donors (Lipinski definition) is 1. The third-order valence-electron chi connectivity index (χ3n) is 3.87. The lowest BCUT2D eigenvalue weighted by molar-refractivity contribution is -0.144. The molecule has 6 nitrogen and oxygen atoms in total. The van der Waals surface area contributed by atoms with Crippen LogP contribution >= 0.6 is 0 Å². The Morgan fingerprint density at radius 3 is 2.38 bits per heavy atom. The van der Waals surface area contributed by atoms with Crippen LogP contribution in [0.1, 0.15) is 11.1 Å². The van der Waals surface area contributed by atoms with Crippen LogP contribution in [0, 0.1) is 13.8 Å². The van der Waals surface area contributed by atoms with E-state index in [1.165, 1.54) is 12.1 Å². The molecule has 0 saturated carbocycles. The smallest absolute Gasteiger partial charge is 0.346 e. The zero-order valence-corrected chi connectivity index (χ0v) is 14.1. The maximum atomic E-state index is 13.0. The van der Waals surface area contributed by atoms with Gasteiger partial charge < -0.3 is 9.84 Å². The number of aliphatic carboxylic acids is 1. The Morgan fingerprint density at radius 1 is 1.12 bits per heavy atom. The number of carboxylic acid groups (broad SMARTS) is 1. The first-order valence-corrected chi connectivity index (χ1v) is 8.82. The summed E-state index contributed by atoms with van der Waals surface area (Å²) in [7, 11) is -3.88. The molecular formula is C17H17NO5S. The summed E-state index contributed by atoms with van der Waals surface area (Å²) < 4.78 is 32.5. The average Bonchev–Trinajstić information content (AvgIpc) is 2.53. The molecule has 3 rings (SSSR count). The summed E-state index contributed by atoms with van der Waals surface area (Å²) in [5.41, 5.74) is 2.14. The lowest BCUT2D eigenvalue weighted by atomic mass is 10.1. The van der Waals surface area contributed by atoms with Gasteiger partial charge in [-0.15, -0.1) is 0 Å². The fraction of sp³-hybridized carbons (Fsp3) is 0.235. The number of sulfonamides is 1. The van der Waals surface area contributed by atoms with E-state index in [9.17, 15) is 18.3 Å².